The standard InChI is InChI=1S/C19H15FN2O2S/c20-15-3-1-2-13(11-15)17-18(23)21-7-8-22(17)19(24)14-4-5-16-12(10-14)6-9-25-16/h1-6,9-11,17H,7-8H2,(H,21,23)/t17-/m0/s1. The van der Waals surface area contributed by atoms with Gasteiger partial charge in [0.15, 0.2) is 0 Å². The third kappa shape index (κ3) is 2.89. The first-order chi connectivity index (χ1) is 12.1. The second kappa shape index (κ2) is 6.29. The van der Waals surface area contributed by atoms with E-state index in [0.717, 1.165) is 10.1 Å². The Hall–Kier alpha value is -2.73. The Bertz CT molecular complexity index is 969. The lowest BCUT2D eigenvalue weighted by molar-refractivity contribution is -0.128. The van der Waals surface area contributed by atoms with E-state index < -0.39 is 11.9 Å². The molecule has 1 N–H and O–H groups in total. The quantitative estimate of drug-likeness (QED) is 0.767. The number of carbonyl (C=O) groups excluding carboxylic acids is 2. The molecule has 25 heavy (non-hydrogen) atoms. The average molecular weight is 354 g/mol. The van der Waals surface area contributed by atoms with Gasteiger partial charge in [0.25, 0.3) is 5.91 Å². The zero-order valence-corrected chi connectivity index (χ0v) is 14.1. The monoisotopic (exact) mass is 354 g/mol. The molecule has 1 aliphatic rings. The van der Waals surface area contributed by atoms with Crippen LogP contribution in [0.25, 0.3) is 10.1 Å². The van der Waals surface area contributed by atoms with E-state index in [4.69, 9.17) is 0 Å². The summed E-state index contributed by atoms with van der Waals surface area (Å²) in [6.07, 6.45) is 0. The first-order valence-electron chi connectivity index (χ1n) is 7.95. The minimum absolute atomic E-state index is 0.225. The summed E-state index contributed by atoms with van der Waals surface area (Å²) in [5.41, 5.74) is 1.00. The highest BCUT2D eigenvalue weighted by Gasteiger charge is 2.35. The maximum Gasteiger partial charge on any atom is 0.254 e. The molecule has 0 unspecified atom stereocenters. The van der Waals surface area contributed by atoms with E-state index in [0.29, 0.717) is 24.2 Å². The first-order valence-corrected chi connectivity index (χ1v) is 8.83. The number of amides is 2. The van der Waals surface area contributed by atoms with Crippen molar-refractivity contribution >= 4 is 33.2 Å². The van der Waals surface area contributed by atoms with E-state index in [1.165, 1.54) is 17.0 Å². The fourth-order valence-corrected chi connectivity index (χ4v) is 3.93. The number of fused-ring (bicyclic) bond motifs is 1. The van der Waals surface area contributed by atoms with Gasteiger partial charge < -0.3 is 10.2 Å². The zero-order chi connectivity index (χ0) is 17.4. The highest BCUT2D eigenvalue weighted by atomic mass is 32.1. The fourth-order valence-electron chi connectivity index (χ4n) is 3.16. The average Bonchev–Trinajstić information content (AvgIpc) is 3.08. The van der Waals surface area contributed by atoms with Crippen LogP contribution in [0.2, 0.25) is 0 Å². The lowest BCUT2D eigenvalue weighted by atomic mass is 10.0. The summed E-state index contributed by atoms with van der Waals surface area (Å²) in [7, 11) is 0. The number of rotatable bonds is 2. The van der Waals surface area contributed by atoms with E-state index >= 15 is 0 Å². The number of halogens is 1. The van der Waals surface area contributed by atoms with Crippen molar-refractivity contribution in [1.82, 2.24) is 10.2 Å². The Morgan fingerprint density at radius 1 is 1.20 bits per heavy atom. The van der Waals surface area contributed by atoms with Gasteiger partial charge in [0.1, 0.15) is 11.9 Å². The van der Waals surface area contributed by atoms with E-state index in [1.54, 1.807) is 29.5 Å². The minimum atomic E-state index is -0.824. The van der Waals surface area contributed by atoms with Crippen LogP contribution in [0.1, 0.15) is 22.0 Å². The van der Waals surface area contributed by atoms with E-state index in [2.05, 4.69) is 5.32 Å². The summed E-state index contributed by atoms with van der Waals surface area (Å²) >= 11 is 1.61. The Kier molecular flexibility index (Phi) is 3.97. The normalized spacial score (nSPS) is 17.6. The van der Waals surface area contributed by atoms with Gasteiger partial charge in [0.2, 0.25) is 5.91 Å². The third-order valence-corrected chi connectivity index (χ3v) is 5.23. The van der Waals surface area contributed by atoms with Crippen molar-refractivity contribution < 1.29 is 14.0 Å². The van der Waals surface area contributed by atoms with Crippen LogP contribution in [0.15, 0.2) is 53.9 Å². The van der Waals surface area contributed by atoms with Crippen molar-refractivity contribution in [3.63, 3.8) is 0 Å². The van der Waals surface area contributed by atoms with E-state index in [9.17, 15) is 14.0 Å². The van der Waals surface area contributed by atoms with Crippen LogP contribution < -0.4 is 5.32 Å². The molecule has 1 saturated heterocycles. The van der Waals surface area contributed by atoms with Gasteiger partial charge in [-0.3, -0.25) is 9.59 Å². The van der Waals surface area contributed by atoms with Gasteiger partial charge in [0, 0.05) is 23.4 Å². The van der Waals surface area contributed by atoms with Crippen molar-refractivity contribution in [2.75, 3.05) is 13.1 Å². The number of piperazine rings is 1. The molecule has 1 aromatic heterocycles. The van der Waals surface area contributed by atoms with Gasteiger partial charge in [-0.25, -0.2) is 4.39 Å². The molecule has 1 atom stereocenters. The molecular formula is C19H15FN2O2S. The van der Waals surface area contributed by atoms with Gasteiger partial charge in [-0.15, -0.1) is 11.3 Å². The van der Waals surface area contributed by atoms with Crippen molar-refractivity contribution in [3.8, 4) is 0 Å². The maximum absolute atomic E-state index is 13.6. The number of hydrogen-bond donors (Lipinski definition) is 1. The summed E-state index contributed by atoms with van der Waals surface area (Å²) < 4.78 is 14.7. The summed E-state index contributed by atoms with van der Waals surface area (Å²) in [6.45, 7) is 0.768. The number of thiophene rings is 1. The Morgan fingerprint density at radius 3 is 2.92 bits per heavy atom. The molecule has 1 aliphatic heterocycles. The highest BCUT2D eigenvalue weighted by Crippen LogP contribution is 2.28. The Morgan fingerprint density at radius 2 is 2.08 bits per heavy atom. The van der Waals surface area contributed by atoms with E-state index in [-0.39, 0.29) is 11.8 Å². The van der Waals surface area contributed by atoms with Gasteiger partial charge in [0.05, 0.1) is 0 Å². The second-order valence-electron chi connectivity index (χ2n) is 5.92. The summed E-state index contributed by atoms with van der Waals surface area (Å²) in [6, 6.07) is 12.5. The molecule has 2 heterocycles. The highest BCUT2D eigenvalue weighted by molar-refractivity contribution is 7.17. The molecule has 3 aromatic rings. The Balaban J connectivity index is 1.72. The van der Waals surface area contributed by atoms with Crippen molar-refractivity contribution in [1.29, 1.82) is 0 Å². The summed E-state index contributed by atoms with van der Waals surface area (Å²) in [4.78, 5) is 26.9. The number of hydrogen-bond acceptors (Lipinski definition) is 3. The molecule has 4 nitrogen and oxygen atoms in total. The van der Waals surface area contributed by atoms with Crippen LogP contribution in [0, 0.1) is 5.82 Å². The number of carbonyl (C=O) groups is 2. The second-order valence-corrected chi connectivity index (χ2v) is 6.87. The molecule has 0 saturated carbocycles. The zero-order valence-electron chi connectivity index (χ0n) is 13.2. The predicted molar refractivity (Wildman–Crippen MR) is 95.0 cm³/mol. The van der Waals surface area contributed by atoms with Crippen LogP contribution in [0.3, 0.4) is 0 Å². The van der Waals surface area contributed by atoms with Crippen LogP contribution >= 0.6 is 11.3 Å². The number of nitrogens with zero attached hydrogens (tertiary/aromatic N) is 1. The molecule has 4 rings (SSSR count). The van der Waals surface area contributed by atoms with Crippen LogP contribution in [-0.4, -0.2) is 29.8 Å². The largest absolute Gasteiger partial charge is 0.352 e. The fraction of sp³-hybridized carbons (Fsp3) is 0.158. The van der Waals surface area contributed by atoms with Gasteiger partial charge in [-0.2, -0.15) is 0 Å². The van der Waals surface area contributed by atoms with Crippen LogP contribution in [0.4, 0.5) is 4.39 Å². The number of nitrogens with one attached hydrogen (secondary N) is 1. The van der Waals surface area contributed by atoms with Crippen molar-refractivity contribution in [3.05, 3.63) is 70.9 Å². The third-order valence-electron chi connectivity index (χ3n) is 4.34. The molecule has 1 fully saturated rings. The molecule has 0 spiro atoms. The topological polar surface area (TPSA) is 49.4 Å². The molecule has 126 valence electrons. The lowest BCUT2D eigenvalue weighted by Crippen LogP contribution is -2.52. The minimum Gasteiger partial charge on any atom is -0.352 e. The summed E-state index contributed by atoms with van der Waals surface area (Å²) in [5.74, 6) is -0.943. The van der Waals surface area contributed by atoms with Crippen LogP contribution in [0.5, 0.6) is 0 Å². The van der Waals surface area contributed by atoms with Crippen LogP contribution in [-0.2, 0) is 4.79 Å². The molecule has 2 amide bonds. The lowest BCUT2D eigenvalue weighted by Gasteiger charge is -2.35. The SMILES string of the molecule is O=C1NCCN(C(=O)c2ccc3sccc3c2)[C@H]1c1cccc(F)c1. The maximum atomic E-state index is 13.6. The van der Waals surface area contributed by atoms with Crippen molar-refractivity contribution in [2.24, 2.45) is 0 Å². The van der Waals surface area contributed by atoms with Crippen molar-refractivity contribution in [2.45, 2.75) is 6.04 Å². The first kappa shape index (κ1) is 15.8. The molecule has 2 aromatic carbocycles. The van der Waals surface area contributed by atoms with Gasteiger partial charge in [-0.05, 0) is 52.7 Å². The molecule has 0 aliphatic carbocycles. The van der Waals surface area contributed by atoms with Gasteiger partial charge in [-0.1, -0.05) is 12.1 Å². The molecule has 0 bridgehead atoms. The smallest absolute Gasteiger partial charge is 0.254 e. The summed E-state index contributed by atoms with van der Waals surface area (Å²) in [5, 5.41) is 5.73. The molecule has 0 radical (unpaired) electrons. The predicted octanol–water partition coefficient (Wildman–Crippen LogP) is 3.35. The Labute approximate surface area is 147 Å². The number of benzene rings is 2. The van der Waals surface area contributed by atoms with Gasteiger partial charge >= 0.3 is 0 Å². The molecular weight excluding hydrogens is 339 g/mol. The molecule has 6 heteroatoms. The van der Waals surface area contributed by atoms with E-state index in [1.807, 2.05) is 23.6 Å².